The van der Waals surface area contributed by atoms with E-state index >= 15 is 0 Å². The lowest BCUT2D eigenvalue weighted by molar-refractivity contribution is 0.654. The van der Waals surface area contributed by atoms with Gasteiger partial charge in [0.1, 0.15) is 21.6 Å². The maximum Gasteiger partial charge on any atom is 0.231 e. The van der Waals surface area contributed by atoms with Gasteiger partial charge in [-0.1, -0.05) is 255 Å². The molecule has 8 aromatic heterocycles. The highest BCUT2D eigenvalue weighted by Crippen LogP contribution is 2.47. The third-order valence-corrected chi connectivity index (χ3v) is 21.9. The molecule has 0 aliphatic heterocycles. The van der Waals surface area contributed by atoms with Crippen LogP contribution in [0.3, 0.4) is 0 Å². The van der Waals surface area contributed by atoms with Crippen LogP contribution < -0.4 is 0 Å². The third kappa shape index (κ3) is 9.91. The molecule has 498 valence electrons. The summed E-state index contributed by atoms with van der Waals surface area (Å²) in [6.45, 7) is 0. The second kappa shape index (κ2) is 24.1. The first-order valence-corrected chi connectivity index (χ1v) is 36.5. The first kappa shape index (κ1) is 60.3. The van der Waals surface area contributed by atoms with Crippen molar-refractivity contribution in [3.8, 4) is 113 Å². The Balaban J connectivity index is 0.613. The fraction of sp³-hybridized carbons (Fsp3) is 0. The highest BCUT2D eigenvalue weighted by molar-refractivity contribution is 7.25. The number of fused-ring (bicyclic) bond motifs is 15. The van der Waals surface area contributed by atoms with Crippen molar-refractivity contribution in [1.82, 2.24) is 44.0 Å². The molecular formula is C95H55N9O2S. The second-order valence-corrected chi connectivity index (χ2v) is 28.1. The second-order valence-electron chi connectivity index (χ2n) is 27.1. The van der Waals surface area contributed by atoms with Gasteiger partial charge in [0, 0.05) is 109 Å². The summed E-state index contributed by atoms with van der Waals surface area (Å²) in [5.41, 5.74) is 21.5. The maximum atomic E-state index is 6.99. The van der Waals surface area contributed by atoms with Crippen LogP contribution in [0, 0.1) is 0 Å². The lowest BCUT2D eigenvalue weighted by Crippen LogP contribution is -2.01. The predicted molar refractivity (Wildman–Crippen MR) is 436 cm³/mol. The summed E-state index contributed by atoms with van der Waals surface area (Å²) < 4.78 is 19.8. The van der Waals surface area contributed by atoms with Crippen molar-refractivity contribution in [3.63, 3.8) is 0 Å². The normalized spacial score (nSPS) is 11.9. The summed E-state index contributed by atoms with van der Waals surface area (Å²) in [5, 5.41) is 10.5. The summed E-state index contributed by atoms with van der Waals surface area (Å²) in [6, 6.07) is 116. The molecule has 11 nitrogen and oxygen atoms in total. The average Bonchev–Trinajstić information content (AvgIpc) is 1.56. The fourth-order valence-corrected chi connectivity index (χ4v) is 16.9. The zero-order valence-electron chi connectivity index (χ0n) is 57.0. The fourth-order valence-electron chi connectivity index (χ4n) is 15.8. The molecule has 0 aliphatic carbocycles. The minimum Gasteiger partial charge on any atom is -0.455 e. The number of aromatic nitrogens is 9. The minimum atomic E-state index is 0.499. The van der Waals surface area contributed by atoms with Crippen molar-refractivity contribution in [2.24, 2.45) is 0 Å². The Morgan fingerprint density at radius 3 is 1.36 bits per heavy atom. The van der Waals surface area contributed by atoms with Gasteiger partial charge in [-0.25, -0.2) is 29.9 Å². The smallest absolute Gasteiger partial charge is 0.231 e. The molecule has 107 heavy (non-hydrogen) atoms. The van der Waals surface area contributed by atoms with Gasteiger partial charge in [0.2, 0.25) is 5.71 Å². The Bertz CT molecular complexity index is 7300. The SMILES string of the molecule is c1ccc(-c2nc(-c3ccccc3)nc(-c3cccc(-n4c5ccccc5c5cc6oc7nc(-c8cccc(-c9ccc%10c(c9)oc9c(-c%11ccc(-n%12c%13ccccc%13c%13cc%14sc%15nc(-c%16ccccc%16)nc(-c%16ccccc%16)c%15c%14cc%13%12)cc%11)cccc9%10)c8)nc(-c8ccccc8)c7c6cc54)c3)n2)cc1. The first-order chi connectivity index (χ1) is 53.0. The Labute approximate surface area is 614 Å². The van der Waals surface area contributed by atoms with Crippen LogP contribution in [0.15, 0.2) is 342 Å². The molecule has 0 saturated carbocycles. The Morgan fingerprint density at radius 2 is 0.710 bits per heavy atom. The molecule has 0 saturated heterocycles. The Morgan fingerprint density at radius 1 is 0.243 bits per heavy atom. The molecule has 0 N–H and O–H groups in total. The van der Waals surface area contributed by atoms with Crippen molar-refractivity contribution >= 4 is 119 Å². The van der Waals surface area contributed by atoms with Gasteiger partial charge in [-0.15, -0.1) is 11.3 Å². The standard InChI is InChI=1S/C95H55N9O2S/c1-6-23-57(24-7-1)86-84-75-52-79-73(69-37-16-19-42-78(69)104(79)67-36-21-35-65(50-67)93-99-90(60-29-12-4-13-30-60)98-91(100-93)61-31-14-5-15-32-61)54-82(75)106-94(84)101-92(96-86)64-34-20-33-62(49-64)63-45-48-71-72-40-22-39-68(88(72)105-81(71)51-63)56-43-46-66(47-44-56)103-77-41-18-17-38-70(77)74-55-83-76(53-80(74)103)85-87(58-25-8-2-9-26-58)97-89(102-95(85)107-83)59-27-10-3-11-28-59/h1-55H. The molecule has 22 aromatic rings. The molecule has 0 amide bonds. The number of thiophene rings is 1. The van der Waals surface area contributed by atoms with E-state index in [2.05, 4.69) is 258 Å². The molecular weight excluding hydrogens is 1330 g/mol. The Hall–Kier alpha value is -14.3. The summed E-state index contributed by atoms with van der Waals surface area (Å²) in [6.07, 6.45) is 0. The van der Waals surface area contributed by atoms with Gasteiger partial charge in [0.25, 0.3) is 0 Å². The van der Waals surface area contributed by atoms with Crippen LogP contribution in [0.5, 0.6) is 0 Å². The number of rotatable bonds is 11. The molecule has 12 heteroatoms. The molecule has 22 rings (SSSR count). The largest absolute Gasteiger partial charge is 0.455 e. The van der Waals surface area contributed by atoms with Gasteiger partial charge >= 0.3 is 0 Å². The monoisotopic (exact) mass is 1390 g/mol. The van der Waals surface area contributed by atoms with E-state index in [1.54, 1.807) is 11.3 Å². The molecule has 0 fully saturated rings. The molecule has 0 radical (unpaired) electrons. The van der Waals surface area contributed by atoms with Gasteiger partial charge in [0.15, 0.2) is 29.1 Å². The molecule has 0 spiro atoms. The maximum absolute atomic E-state index is 6.99. The minimum absolute atomic E-state index is 0.499. The van der Waals surface area contributed by atoms with Crippen molar-refractivity contribution in [2.75, 3.05) is 0 Å². The predicted octanol–water partition coefficient (Wildman–Crippen LogP) is 24.8. The van der Waals surface area contributed by atoms with Crippen molar-refractivity contribution in [3.05, 3.63) is 334 Å². The summed E-state index contributed by atoms with van der Waals surface area (Å²) in [4.78, 5) is 37.5. The van der Waals surface area contributed by atoms with Crippen molar-refractivity contribution in [1.29, 1.82) is 0 Å². The zero-order chi connectivity index (χ0) is 70.2. The number of para-hydroxylation sites is 3. The van der Waals surface area contributed by atoms with Crippen LogP contribution in [0.2, 0.25) is 0 Å². The van der Waals surface area contributed by atoms with E-state index in [1.807, 2.05) is 84.9 Å². The molecule has 0 aliphatic rings. The molecule has 0 atom stereocenters. The lowest BCUT2D eigenvalue weighted by Gasteiger charge is -2.12. The van der Waals surface area contributed by atoms with Gasteiger partial charge in [-0.05, 0) is 95.6 Å². The van der Waals surface area contributed by atoms with Gasteiger partial charge < -0.3 is 18.0 Å². The zero-order valence-corrected chi connectivity index (χ0v) is 57.8. The Kier molecular flexibility index (Phi) is 13.6. The topological polar surface area (TPSA) is 126 Å². The lowest BCUT2D eigenvalue weighted by atomic mass is 9.99. The van der Waals surface area contributed by atoms with Crippen molar-refractivity contribution in [2.45, 2.75) is 0 Å². The highest BCUT2D eigenvalue weighted by atomic mass is 32.1. The number of hydrogen-bond donors (Lipinski definition) is 0. The number of hydrogen-bond acceptors (Lipinski definition) is 10. The van der Waals surface area contributed by atoms with E-state index in [0.717, 1.165) is 171 Å². The summed E-state index contributed by atoms with van der Waals surface area (Å²) in [7, 11) is 0. The van der Waals surface area contributed by atoms with Gasteiger partial charge in [-0.2, -0.15) is 4.98 Å². The van der Waals surface area contributed by atoms with Crippen LogP contribution in [-0.2, 0) is 0 Å². The van der Waals surface area contributed by atoms with Gasteiger partial charge in [0.05, 0.1) is 38.8 Å². The summed E-state index contributed by atoms with van der Waals surface area (Å²) in [5.74, 6) is 3.06. The average molecular weight is 1390 g/mol. The van der Waals surface area contributed by atoms with E-state index < -0.39 is 0 Å². The molecule has 0 bridgehead atoms. The van der Waals surface area contributed by atoms with Crippen LogP contribution in [0.25, 0.3) is 221 Å². The van der Waals surface area contributed by atoms with E-state index in [-0.39, 0.29) is 0 Å². The van der Waals surface area contributed by atoms with E-state index in [0.29, 0.717) is 34.6 Å². The van der Waals surface area contributed by atoms with Crippen LogP contribution in [-0.4, -0.2) is 44.0 Å². The number of benzene rings is 14. The van der Waals surface area contributed by atoms with E-state index in [9.17, 15) is 0 Å². The molecule has 8 heterocycles. The number of nitrogens with zero attached hydrogens (tertiary/aromatic N) is 9. The molecule has 14 aromatic carbocycles. The quantitative estimate of drug-likeness (QED) is 0.124. The van der Waals surface area contributed by atoms with Crippen LogP contribution in [0.4, 0.5) is 0 Å². The number of furan rings is 2. The highest BCUT2D eigenvalue weighted by Gasteiger charge is 2.26. The van der Waals surface area contributed by atoms with Crippen LogP contribution in [0.1, 0.15) is 0 Å². The third-order valence-electron chi connectivity index (χ3n) is 20.8. The molecule has 0 unspecified atom stereocenters. The van der Waals surface area contributed by atoms with E-state index in [4.69, 9.17) is 43.7 Å². The van der Waals surface area contributed by atoms with Crippen molar-refractivity contribution < 1.29 is 8.83 Å². The summed E-state index contributed by atoms with van der Waals surface area (Å²) >= 11 is 1.73. The van der Waals surface area contributed by atoms with Crippen LogP contribution >= 0.6 is 11.3 Å². The van der Waals surface area contributed by atoms with Gasteiger partial charge in [-0.3, -0.25) is 0 Å². The first-order valence-electron chi connectivity index (χ1n) is 35.7. The van der Waals surface area contributed by atoms with E-state index in [1.165, 1.54) is 15.5 Å².